The Hall–Kier alpha value is -3.57. The number of aromatic hydroxyl groups is 1. The highest BCUT2D eigenvalue weighted by molar-refractivity contribution is 7.98. The van der Waals surface area contributed by atoms with Crippen molar-refractivity contribution in [1.82, 2.24) is 26.2 Å². The highest BCUT2D eigenvalue weighted by atomic mass is 32.2. The molecule has 0 spiro atoms. The number of thioether (sulfide) groups is 1. The van der Waals surface area contributed by atoms with Crippen molar-refractivity contribution in [2.24, 2.45) is 5.92 Å². The third-order valence-corrected chi connectivity index (χ3v) is 7.74. The Balaban J connectivity index is 1.97. The topological polar surface area (TPSA) is 140 Å². The summed E-state index contributed by atoms with van der Waals surface area (Å²) < 4.78 is 0. The summed E-state index contributed by atoms with van der Waals surface area (Å²) in [5, 5.41) is 21.5. The Kier molecular flexibility index (Phi) is 12.7. The highest BCUT2D eigenvalue weighted by Crippen LogP contribution is 2.15. The SMILES string of the molecule is CSCC[C@@H]1NC(=O)[C@H](C(C)C)NC(=O)CN(Cc2cccc(O)c2)C[C@@H](Cc2ccccc2)NC(=O)[C@H](C)NC1=O. The van der Waals surface area contributed by atoms with Gasteiger partial charge >= 0.3 is 0 Å². The van der Waals surface area contributed by atoms with Crippen LogP contribution in [0.2, 0.25) is 0 Å². The molecule has 10 nitrogen and oxygen atoms in total. The molecule has 0 bridgehead atoms. The zero-order valence-corrected chi connectivity index (χ0v) is 25.6. The van der Waals surface area contributed by atoms with Crippen molar-refractivity contribution in [3.8, 4) is 5.75 Å². The zero-order valence-electron chi connectivity index (χ0n) is 24.8. The molecular formula is C31H43N5O5S. The Morgan fingerprint density at radius 2 is 1.62 bits per heavy atom. The smallest absolute Gasteiger partial charge is 0.243 e. The van der Waals surface area contributed by atoms with Crippen LogP contribution < -0.4 is 21.3 Å². The molecule has 3 rings (SSSR count). The number of carbonyl (C=O) groups is 4. The summed E-state index contributed by atoms with van der Waals surface area (Å²) in [6.07, 6.45) is 2.78. The van der Waals surface area contributed by atoms with Crippen LogP contribution in [0.1, 0.15) is 38.3 Å². The fraction of sp³-hybridized carbons (Fsp3) is 0.484. The van der Waals surface area contributed by atoms with Crippen molar-refractivity contribution in [1.29, 1.82) is 0 Å². The molecule has 5 N–H and O–H groups in total. The normalized spacial score (nSPS) is 23.3. The second-order valence-electron chi connectivity index (χ2n) is 11.1. The van der Waals surface area contributed by atoms with Gasteiger partial charge in [-0.05, 0) is 61.0 Å². The third-order valence-electron chi connectivity index (χ3n) is 7.10. The van der Waals surface area contributed by atoms with Crippen LogP contribution >= 0.6 is 11.8 Å². The molecule has 0 unspecified atom stereocenters. The van der Waals surface area contributed by atoms with Crippen molar-refractivity contribution in [3.05, 3.63) is 65.7 Å². The number of hydrogen-bond donors (Lipinski definition) is 5. The van der Waals surface area contributed by atoms with Crippen LogP contribution in [0.5, 0.6) is 5.75 Å². The maximum absolute atomic E-state index is 13.4. The minimum Gasteiger partial charge on any atom is -0.508 e. The Morgan fingerprint density at radius 3 is 2.29 bits per heavy atom. The highest BCUT2D eigenvalue weighted by Gasteiger charge is 2.31. The van der Waals surface area contributed by atoms with Crippen molar-refractivity contribution < 1.29 is 24.3 Å². The maximum atomic E-state index is 13.4. The lowest BCUT2D eigenvalue weighted by atomic mass is 10.0. The molecule has 4 atom stereocenters. The first kappa shape index (κ1) is 32.9. The van der Waals surface area contributed by atoms with E-state index in [0.29, 0.717) is 31.7 Å². The number of benzene rings is 2. The van der Waals surface area contributed by atoms with Crippen molar-refractivity contribution >= 4 is 35.4 Å². The molecule has 0 radical (unpaired) electrons. The fourth-order valence-corrected chi connectivity index (χ4v) is 5.37. The van der Waals surface area contributed by atoms with Gasteiger partial charge in [0.25, 0.3) is 0 Å². The fourth-order valence-electron chi connectivity index (χ4n) is 4.90. The molecular weight excluding hydrogens is 554 g/mol. The molecule has 11 heteroatoms. The molecule has 1 aliphatic rings. The Labute approximate surface area is 252 Å². The first-order valence-corrected chi connectivity index (χ1v) is 15.7. The van der Waals surface area contributed by atoms with E-state index in [9.17, 15) is 24.3 Å². The summed E-state index contributed by atoms with van der Waals surface area (Å²) in [5.74, 6) is -1.12. The number of nitrogens with zero attached hydrogens (tertiary/aromatic N) is 1. The van der Waals surface area contributed by atoms with Crippen molar-refractivity contribution in [2.75, 3.05) is 25.1 Å². The molecule has 2 aromatic carbocycles. The molecule has 0 aromatic heterocycles. The van der Waals surface area contributed by atoms with E-state index in [1.54, 1.807) is 36.9 Å². The lowest BCUT2D eigenvalue weighted by Gasteiger charge is -2.29. The summed E-state index contributed by atoms with van der Waals surface area (Å²) in [6, 6.07) is 13.6. The van der Waals surface area contributed by atoms with Gasteiger partial charge in [-0.3, -0.25) is 24.1 Å². The number of hydrogen-bond acceptors (Lipinski definition) is 7. The quantitative estimate of drug-likeness (QED) is 0.313. The predicted octanol–water partition coefficient (Wildman–Crippen LogP) is 1.82. The minimum atomic E-state index is -0.856. The molecule has 2 aromatic rings. The lowest BCUT2D eigenvalue weighted by Crippen LogP contribution is -2.57. The van der Waals surface area contributed by atoms with E-state index in [4.69, 9.17) is 0 Å². The van der Waals surface area contributed by atoms with Crippen LogP contribution in [-0.4, -0.2) is 82.9 Å². The van der Waals surface area contributed by atoms with Gasteiger partial charge < -0.3 is 26.4 Å². The van der Waals surface area contributed by atoms with Gasteiger partial charge in [-0.1, -0.05) is 56.3 Å². The van der Waals surface area contributed by atoms with E-state index in [1.165, 1.54) is 0 Å². The van der Waals surface area contributed by atoms with Gasteiger partial charge in [-0.15, -0.1) is 0 Å². The summed E-state index contributed by atoms with van der Waals surface area (Å²) in [5.41, 5.74) is 1.80. The van der Waals surface area contributed by atoms with Crippen LogP contribution in [0.3, 0.4) is 0 Å². The standard InChI is InChI=1S/C31H43N5O5S/c1-20(2)28-31(41)34-26(13-14-42-4)30(40)32-21(3)29(39)33-24(15-22-9-6-5-7-10-22)18-36(19-27(38)35-28)17-23-11-8-12-25(37)16-23/h5-12,16,20-21,24,26,28,37H,13-15,17-19H2,1-4H3,(H,32,40)(H,33,39)(H,34,41)(H,35,38)/t21-,24+,26-,28-/m0/s1. The van der Waals surface area contributed by atoms with Gasteiger partial charge in [-0.25, -0.2) is 0 Å². The molecule has 228 valence electrons. The lowest BCUT2D eigenvalue weighted by molar-refractivity contribution is -0.134. The van der Waals surface area contributed by atoms with E-state index in [-0.39, 0.29) is 30.0 Å². The minimum absolute atomic E-state index is 0.0457. The Bertz CT molecular complexity index is 1210. The van der Waals surface area contributed by atoms with Gasteiger partial charge in [0.15, 0.2) is 0 Å². The number of rotatable bonds is 8. The maximum Gasteiger partial charge on any atom is 0.243 e. The van der Waals surface area contributed by atoms with E-state index in [0.717, 1.165) is 11.1 Å². The second kappa shape index (κ2) is 16.2. The first-order valence-electron chi connectivity index (χ1n) is 14.3. The average molecular weight is 598 g/mol. The van der Waals surface area contributed by atoms with Gasteiger partial charge in [0.2, 0.25) is 23.6 Å². The summed E-state index contributed by atoms with van der Waals surface area (Å²) in [7, 11) is 0. The summed E-state index contributed by atoms with van der Waals surface area (Å²) >= 11 is 1.55. The molecule has 0 aliphatic carbocycles. The van der Waals surface area contributed by atoms with Gasteiger partial charge in [0.05, 0.1) is 6.54 Å². The van der Waals surface area contributed by atoms with Crippen LogP contribution in [0.15, 0.2) is 54.6 Å². The summed E-state index contributed by atoms with van der Waals surface area (Å²) in [6.45, 7) is 5.87. The van der Waals surface area contributed by atoms with E-state index >= 15 is 0 Å². The van der Waals surface area contributed by atoms with Crippen LogP contribution in [-0.2, 0) is 32.1 Å². The van der Waals surface area contributed by atoms with E-state index in [2.05, 4.69) is 21.3 Å². The third kappa shape index (κ3) is 10.4. The molecule has 1 heterocycles. The van der Waals surface area contributed by atoms with Crippen LogP contribution in [0.25, 0.3) is 0 Å². The molecule has 0 saturated carbocycles. The molecule has 1 saturated heterocycles. The van der Waals surface area contributed by atoms with Crippen molar-refractivity contribution in [2.45, 2.75) is 64.3 Å². The van der Waals surface area contributed by atoms with Gasteiger partial charge in [-0.2, -0.15) is 11.8 Å². The van der Waals surface area contributed by atoms with Gasteiger partial charge in [0.1, 0.15) is 23.9 Å². The molecule has 42 heavy (non-hydrogen) atoms. The molecule has 1 aliphatic heterocycles. The summed E-state index contributed by atoms with van der Waals surface area (Å²) in [4.78, 5) is 55.2. The molecule has 1 fully saturated rings. The number of phenols is 1. The predicted molar refractivity (Wildman–Crippen MR) is 165 cm³/mol. The average Bonchev–Trinajstić information content (AvgIpc) is 2.93. The van der Waals surface area contributed by atoms with E-state index < -0.39 is 36.0 Å². The van der Waals surface area contributed by atoms with Crippen LogP contribution in [0.4, 0.5) is 0 Å². The second-order valence-corrected chi connectivity index (χ2v) is 12.1. The largest absolute Gasteiger partial charge is 0.508 e. The number of phenolic OH excluding ortho intramolecular Hbond substituents is 1. The number of amides is 4. The molecule has 4 amide bonds. The Morgan fingerprint density at radius 1 is 0.905 bits per heavy atom. The zero-order chi connectivity index (χ0) is 30.6. The number of nitrogens with one attached hydrogen (secondary N) is 4. The van der Waals surface area contributed by atoms with Crippen LogP contribution in [0, 0.1) is 5.92 Å². The monoisotopic (exact) mass is 597 g/mol. The van der Waals surface area contributed by atoms with Crippen molar-refractivity contribution in [3.63, 3.8) is 0 Å². The van der Waals surface area contributed by atoms with Gasteiger partial charge in [0, 0.05) is 19.1 Å². The van der Waals surface area contributed by atoms with E-state index in [1.807, 2.05) is 61.4 Å². The first-order chi connectivity index (χ1) is 20.0. The number of carbonyl (C=O) groups excluding carboxylic acids is 4.